The zero-order valence-corrected chi connectivity index (χ0v) is 15.8. The first kappa shape index (κ1) is 18.8. The summed E-state index contributed by atoms with van der Waals surface area (Å²) in [7, 11) is 3.17. The molecule has 3 aromatic rings. The zero-order chi connectivity index (χ0) is 19.2. The molecular formula is C20H19FN2O3S. The van der Waals surface area contributed by atoms with Gasteiger partial charge in [0.2, 0.25) is 5.91 Å². The summed E-state index contributed by atoms with van der Waals surface area (Å²) in [6, 6.07) is 11.6. The lowest BCUT2D eigenvalue weighted by Crippen LogP contribution is -2.24. The summed E-state index contributed by atoms with van der Waals surface area (Å²) < 4.78 is 23.7. The summed E-state index contributed by atoms with van der Waals surface area (Å²) in [5.74, 6) is 0.798. The van der Waals surface area contributed by atoms with Gasteiger partial charge in [-0.2, -0.15) is 0 Å². The van der Waals surface area contributed by atoms with Gasteiger partial charge in [-0.25, -0.2) is 9.37 Å². The van der Waals surface area contributed by atoms with Crippen LogP contribution < -0.4 is 14.8 Å². The van der Waals surface area contributed by atoms with Crippen molar-refractivity contribution < 1.29 is 18.7 Å². The monoisotopic (exact) mass is 386 g/mol. The Balaban J connectivity index is 1.66. The predicted molar refractivity (Wildman–Crippen MR) is 103 cm³/mol. The van der Waals surface area contributed by atoms with Gasteiger partial charge >= 0.3 is 0 Å². The van der Waals surface area contributed by atoms with E-state index < -0.39 is 0 Å². The molecule has 0 bridgehead atoms. The highest BCUT2D eigenvalue weighted by atomic mass is 32.1. The lowest BCUT2D eigenvalue weighted by molar-refractivity contribution is -0.120. The number of methoxy groups -OCH3 is 2. The number of aromatic nitrogens is 1. The number of carbonyl (C=O) groups is 1. The Hall–Kier alpha value is -2.93. The first-order valence-electron chi connectivity index (χ1n) is 8.27. The summed E-state index contributed by atoms with van der Waals surface area (Å²) >= 11 is 1.44. The smallest absolute Gasteiger partial charge is 0.226 e. The zero-order valence-electron chi connectivity index (χ0n) is 15.0. The van der Waals surface area contributed by atoms with E-state index in [1.165, 1.54) is 23.5 Å². The second-order valence-electron chi connectivity index (χ2n) is 5.77. The molecule has 0 aliphatic rings. The van der Waals surface area contributed by atoms with Crippen LogP contribution in [-0.2, 0) is 17.8 Å². The summed E-state index contributed by atoms with van der Waals surface area (Å²) in [5, 5.41) is 5.42. The van der Waals surface area contributed by atoms with E-state index in [4.69, 9.17) is 9.47 Å². The summed E-state index contributed by atoms with van der Waals surface area (Å²) in [5.41, 5.74) is 2.33. The molecular weight excluding hydrogens is 367 g/mol. The van der Waals surface area contributed by atoms with Crippen molar-refractivity contribution in [2.45, 2.75) is 13.0 Å². The molecule has 0 fully saturated rings. The lowest BCUT2D eigenvalue weighted by atomic mass is 10.2. The highest BCUT2D eigenvalue weighted by molar-refractivity contribution is 7.13. The van der Waals surface area contributed by atoms with Gasteiger partial charge in [-0.1, -0.05) is 18.2 Å². The Bertz CT molecular complexity index is 925. The number of para-hydroxylation sites is 1. The number of nitrogens with zero attached hydrogens (tertiary/aromatic N) is 1. The molecule has 0 saturated heterocycles. The van der Waals surface area contributed by atoms with Crippen molar-refractivity contribution in [3.63, 3.8) is 0 Å². The Morgan fingerprint density at radius 3 is 2.63 bits per heavy atom. The number of thiazole rings is 1. The quantitative estimate of drug-likeness (QED) is 0.671. The second kappa shape index (κ2) is 8.64. The number of hydrogen-bond acceptors (Lipinski definition) is 5. The molecule has 1 aromatic heterocycles. The van der Waals surface area contributed by atoms with Crippen LogP contribution in [0.5, 0.6) is 11.5 Å². The third-order valence-electron chi connectivity index (χ3n) is 3.93. The van der Waals surface area contributed by atoms with E-state index in [1.807, 2.05) is 23.6 Å². The van der Waals surface area contributed by atoms with Crippen LogP contribution in [0.25, 0.3) is 10.6 Å². The predicted octanol–water partition coefficient (Wildman–Crippen LogP) is 3.83. The molecule has 0 atom stereocenters. The average molecular weight is 386 g/mol. The van der Waals surface area contributed by atoms with Crippen LogP contribution >= 0.6 is 11.3 Å². The molecule has 0 unspecified atom stereocenters. The van der Waals surface area contributed by atoms with Gasteiger partial charge in [0.25, 0.3) is 0 Å². The topological polar surface area (TPSA) is 60.5 Å². The maximum absolute atomic E-state index is 12.9. The number of hydrogen-bond donors (Lipinski definition) is 1. The Morgan fingerprint density at radius 1 is 1.15 bits per heavy atom. The Kier molecular flexibility index (Phi) is 6.03. The minimum atomic E-state index is -0.298. The van der Waals surface area contributed by atoms with Gasteiger partial charge in [-0.15, -0.1) is 11.3 Å². The molecule has 1 amide bonds. The van der Waals surface area contributed by atoms with E-state index in [9.17, 15) is 9.18 Å². The molecule has 140 valence electrons. The van der Waals surface area contributed by atoms with Gasteiger partial charge in [0, 0.05) is 11.9 Å². The van der Waals surface area contributed by atoms with E-state index in [-0.39, 0.29) is 18.1 Å². The summed E-state index contributed by atoms with van der Waals surface area (Å²) in [4.78, 5) is 16.7. The Labute approximate surface area is 160 Å². The van der Waals surface area contributed by atoms with Crippen molar-refractivity contribution in [1.82, 2.24) is 10.3 Å². The van der Waals surface area contributed by atoms with Gasteiger partial charge in [-0.05, 0) is 29.8 Å². The highest BCUT2D eigenvalue weighted by Crippen LogP contribution is 2.38. The van der Waals surface area contributed by atoms with Crippen LogP contribution in [0.2, 0.25) is 0 Å². The standard InChI is InChI=1S/C20H19FN2O3S/c1-25-17-5-3-4-16(19(17)26-2)20-23-15(12-27-20)10-18(24)22-11-13-6-8-14(21)9-7-13/h3-9,12H,10-11H2,1-2H3,(H,22,24). The molecule has 0 aliphatic carbocycles. The minimum Gasteiger partial charge on any atom is -0.493 e. The first-order chi connectivity index (χ1) is 13.1. The number of benzene rings is 2. The van der Waals surface area contributed by atoms with E-state index in [1.54, 1.807) is 26.4 Å². The van der Waals surface area contributed by atoms with Gasteiger partial charge in [-0.3, -0.25) is 4.79 Å². The largest absolute Gasteiger partial charge is 0.493 e. The molecule has 0 radical (unpaired) electrons. The number of rotatable bonds is 7. The minimum absolute atomic E-state index is 0.145. The molecule has 0 saturated carbocycles. The molecule has 2 aromatic carbocycles. The number of ether oxygens (including phenoxy) is 2. The summed E-state index contributed by atoms with van der Waals surface area (Å²) in [6.45, 7) is 0.347. The van der Waals surface area contributed by atoms with Crippen molar-refractivity contribution in [3.05, 3.63) is 64.9 Å². The molecule has 1 heterocycles. The maximum atomic E-state index is 12.9. The van der Waals surface area contributed by atoms with Crippen LogP contribution in [0.3, 0.4) is 0 Å². The average Bonchev–Trinajstić information content (AvgIpc) is 3.15. The summed E-state index contributed by atoms with van der Waals surface area (Å²) in [6.07, 6.45) is 0.171. The maximum Gasteiger partial charge on any atom is 0.226 e. The van der Waals surface area contributed by atoms with Gasteiger partial charge < -0.3 is 14.8 Å². The van der Waals surface area contributed by atoms with Crippen LogP contribution in [0, 0.1) is 5.82 Å². The SMILES string of the molecule is COc1cccc(-c2nc(CC(=O)NCc3ccc(F)cc3)cs2)c1OC. The molecule has 27 heavy (non-hydrogen) atoms. The van der Waals surface area contributed by atoms with Crippen LogP contribution in [-0.4, -0.2) is 25.1 Å². The van der Waals surface area contributed by atoms with Crippen LogP contribution in [0.15, 0.2) is 47.8 Å². The molecule has 5 nitrogen and oxygen atoms in total. The van der Waals surface area contributed by atoms with E-state index >= 15 is 0 Å². The fourth-order valence-electron chi connectivity index (χ4n) is 2.60. The van der Waals surface area contributed by atoms with Crippen molar-refractivity contribution in [2.24, 2.45) is 0 Å². The lowest BCUT2D eigenvalue weighted by Gasteiger charge is -2.10. The van der Waals surface area contributed by atoms with Crippen LogP contribution in [0.1, 0.15) is 11.3 Å². The molecule has 0 spiro atoms. The number of carbonyl (C=O) groups excluding carboxylic acids is 1. The van der Waals surface area contributed by atoms with E-state index in [0.29, 0.717) is 23.7 Å². The fourth-order valence-corrected chi connectivity index (χ4v) is 3.44. The number of amides is 1. The van der Waals surface area contributed by atoms with Crippen molar-refractivity contribution >= 4 is 17.2 Å². The highest BCUT2D eigenvalue weighted by Gasteiger charge is 2.15. The van der Waals surface area contributed by atoms with E-state index in [2.05, 4.69) is 10.3 Å². The molecule has 3 rings (SSSR count). The number of nitrogens with one attached hydrogen (secondary N) is 1. The normalized spacial score (nSPS) is 10.5. The van der Waals surface area contributed by atoms with Gasteiger partial charge in [0.15, 0.2) is 11.5 Å². The number of halogens is 1. The molecule has 1 N–H and O–H groups in total. The van der Waals surface area contributed by atoms with Crippen molar-refractivity contribution in [1.29, 1.82) is 0 Å². The molecule has 0 aliphatic heterocycles. The third kappa shape index (κ3) is 4.62. The fraction of sp³-hybridized carbons (Fsp3) is 0.200. The van der Waals surface area contributed by atoms with E-state index in [0.717, 1.165) is 16.1 Å². The van der Waals surface area contributed by atoms with Crippen molar-refractivity contribution in [3.8, 4) is 22.1 Å². The van der Waals surface area contributed by atoms with Crippen LogP contribution in [0.4, 0.5) is 4.39 Å². The van der Waals surface area contributed by atoms with Gasteiger partial charge in [0.05, 0.1) is 31.9 Å². The van der Waals surface area contributed by atoms with Gasteiger partial charge in [0.1, 0.15) is 10.8 Å². The van der Waals surface area contributed by atoms with Crippen molar-refractivity contribution in [2.75, 3.05) is 14.2 Å². The Morgan fingerprint density at radius 2 is 1.93 bits per heavy atom. The third-order valence-corrected chi connectivity index (χ3v) is 4.85. The second-order valence-corrected chi connectivity index (χ2v) is 6.62. The molecule has 7 heteroatoms. The first-order valence-corrected chi connectivity index (χ1v) is 9.15.